The predicted octanol–water partition coefficient (Wildman–Crippen LogP) is 6.04. The van der Waals surface area contributed by atoms with Gasteiger partial charge in [-0.1, -0.05) is 53.5 Å². The van der Waals surface area contributed by atoms with Crippen molar-refractivity contribution in [3.63, 3.8) is 0 Å². The summed E-state index contributed by atoms with van der Waals surface area (Å²) in [4.78, 5) is 32.2. The number of anilines is 2. The molecular weight excluding hydrogens is 569 g/mol. The number of hydrogen-bond donors (Lipinski definition) is 3. The van der Waals surface area contributed by atoms with Crippen LogP contribution in [0.2, 0.25) is 10.0 Å². The topological polar surface area (TPSA) is 97.8 Å². The summed E-state index contributed by atoms with van der Waals surface area (Å²) in [7, 11) is 4.03. The Labute approximate surface area is 247 Å². The molecule has 3 N–H and O–H groups in total. The Morgan fingerprint density at radius 2 is 1.70 bits per heavy atom. The fraction of sp³-hybridized carbons (Fsp3) is 0.207. The number of benzene rings is 3. The summed E-state index contributed by atoms with van der Waals surface area (Å²) < 4.78 is 1.65. The van der Waals surface area contributed by atoms with Crippen LogP contribution in [-0.2, 0) is 11.3 Å². The highest BCUT2D eigenvalue weighted by molar-refractivity contribution is 8.00. The fourth-order valence-corrected chi connectivity index (χ4v) is 5.73. The Morgan fingerprint density at radius 1 is 0.975 bits per heavy atom. The SMILES string of the molecule is CN(C)CCNc1ccc(CNC(=O)c2cccc3c(N(CC(=O)O)Sc4cc(Cl)cc(Cl)c4)cccc23)cn1. The van der Waals surface area contributed by atoms with Crippen molar-refractivity contribution < 1.29 is 14.7 Å². The van der Waals surface area contributed by atoms with E-state index in [0.717, 1.165) is 29.9 Å². The van der Waals surface area contributed by atoms with Gasteiger partial charge in [-0.05, 0) is 73.4 Å². The van der Waals surface area contributed by atoms with E-state index in [4.69, 9.17) is 23.2 Å². The lowest BCUT2D eigenvalue weighted by molar-refractivity contribution is -0.135. The van der Waals surface area contributed by atoms with Gasteiger partial charge in [-0.3, -0.25) is 9.59 Å². The van der Waals surface area contributed by atoms with Crippen LogP contribution in [0.1, 0.15) is 15.9 Å². The summed E-state index contributed by atoms with van der Waals surface area (Å²) in [6, 6.07) is 19.8. The molecule has 0 unspecified atom stereocenters. The van der Waals surface area contributed by atoms with E-state index in [1.54, 1.807) is 46.9 Å². The van der Waals surface area contributed by atoms with Crippen molar-refractivity contribution >= 4 is 69.3 Å². The van der Waals surface area contributed by atoms with Crippen molar-refractivity contribution in [3.8, 4) is 0 Å². The van der Waals surface area contributed by atoms with Crippen LogP contribution in [0.15, 0.2) is 77.8 Å². The van der Waals surface area contributed by atoms with Gasteiger partial charge in [0.1, 0.15) is 12.4 Å². The minimum atomic E-state index is -1.00. The molecule has 4 rings (SSSR count). The minimum Gasteiger partial charge on any atom is -0.480 e. The second-order valence-corrected chi connectivity index (χ2v) is 11.2. The van der Waals surface area contributed by atoms with E-state index in [-0.39, 0.29) is 12.5 Å². The van der Waals surface area contributed by atoms with Gasteiger partial charge in [-0.15, -0.1) is 0 Å². The van der Waals surface area contributed by atoms with Gasteiger partial charge in [0, 0.05) is 51.7 Å². The summed E-state index contributed by atoms with van der Waals surface area (Å²) >= 11 is 13.5. The summed E-state index contributed by atoms with van der Waals surface area (Å²) in [5.41, 5.74) is 2.01. The number of fused-ring (bicyclic) bond motifs is 1. The molecular formula is C29H29Cl2N5O3S. The number of carbonyl (C=O) groups is 2. The number of carboxylic acids is 1. The van der Waals surface area contributed by atoms with E-state index in [2.05, 4.69) is 20.5 Å². The smallest absolute Gasteiger partial charge is 0.324 e. The van der Waals surface area contributed by atoms with Crippen molar-refractivity contribution in [1.29, 1.82) is 0 Å². The van der Waals surface area contributed by atoms with Gasteiger partial charge in [0.15, 0.2) is 0 Å². The monoisotopic (exact) mass is 597 g/mol. The molecule has 0 aliphatic heterocycles. The highest BCUT2D eigenvalue weighted by atomic mass is 35.5. The van der Waals surface area contributed by atoms with Gasteiger partial charge in [-0.2, -0.15) is 0 Å². The maximum absolute atomic E-state index is 13.2. The molecule has 0 spiro atoms. The maximum atomic E-state index is 13.2. The Bertz CT molecular complexity index is 1480. The molecule has 1 heterocycles. The number of rotatable bonds is 12. The fourth-order valence-electron chi connectivity index (χ4n) is 4.03. The van der Waals surface area contributed by atoms with Crippen LogP contribution >= 0.6 is 35.1 Å². The van der Waals surface area contributed by atoms with Gasteiger partial charge in [-0.25, -0.2) is 4.98 Å². The van der Waals surface area contributed by atoms with Crippen LogP contribution in [0.4, 0.5) is 11.5 Å². The normalized spacial score (nSPS) is 11.0. The third kappa shape index (κ3) is 8.02. The first kappa shape index (κ1) is 29.5. The number of carbonyl (C=O) groups excluding carboxylic acids is 1. The Hall–Kier alpha value is -3.50. The maximum Gasteiger partial charge on any atom is 0.324 e. The van der Waals surface area contributed by atoms with Crippen LogP contribution in [-0.4, -0.2) is 60.6 Å². The molecule has 1 aromatic heterocycles. The number of nitrogens with zero attached hydrogens (tertiary/aromatic N) is 3. The number of carboxylic acid groups (broad SMARTS) is 1. The third-order valence-corrected chi connectivity index (χ3v) is 7.32. The summed E-state index contributed by atoms with van der Waals surface area (Å²) in [5, 5.41) is 18.2. The number of aliphatic carboxylic acids is 1. The Morgan fingerprint density at radius 3 is 2.38 bits per heavy atom. The third-order valence-electron chi connectivity index (χ3n) is 5.89. The van der Waals surface area contributed by atoms with Crippen LogP contribution < -0.4 is 14.9 Å². The summed E-state index contributed by atoms with van der Waals surface area (Å²) in [6.07, 6.45) is 1.74. The van der Waals surface area contributed by atoms with Gasteiger partial charge < -0.3 is 24.9 Å². The molecule has 0 saturated heterocycles. The van der Waals surface area contributed by atoms with Gasteiger partial charge in [0.05, 0.1) is 5.69 Å². The molecule has 1 amide bonds. The van der Waals surface area contributed by atoms with E-state index >= 15 is 0 Å². The van der Waals surface area contributed by atoms with Crippen LogP contribution in [0.25, 0.3) is 10.8 Å². The number of halogens is 2. The zero-order chi connectivity index (χ0) is 28.6. The number of likely N-dealkylation sites (N-methyl/N-ethyl adjacent to an activating group) is 1. The number of pyridine rings is 1. The summed E-state index contributed by atoms with van der Waals surface area (Å²) in [6.45, 7) is 1.72. The first-order valence-electron chi connectivity index (χ1n) is 12.5. The number of amides is 1. The molecule has 8 nitrogen and oxygen atoms in total. The lowest BCUT2D eigenvalue weighted by Crippen LogP contribution is -2.24. The average molecular weight is 599 g/mol. The molecule has 3 aromatic carbocycles. The quantitative estimate of drug-likeness (QED) is 0.170. The van der Waals surface area contributed by atoms with Crippen molar-refractivity contribution in [2.24, 2.45) is 0 Å². The highest BCUT2D eigenvalue weighted by Gasteiger charge is 2.18. The average Bonchev–Trinajstić information content (AvgIpc) is 2.90. The molecule has 0 radical (unpaired) electrons. The molecule has 0 aliphatic rings. The van der Waals surface area contributed by atoms with Crippen LogP contribution in [0, 0.1) is 0 Å². The van der Waals surface area contributed by atoms with Crippen molar-refractivity contribution in [2.75, 3.05) is 43.4 Å². The Kier molecular flexibility index (Phi) is 10.1. The molecule has 208 valence electrons. The lowest BCUT2D eigenvalue weighted by atomic mass is 10.0. The first-order valence-corrected chi connectivity index (χ1v) is 14.0. The second kappa shape index (κ2) is 13.7. The van der Waals surface area contributed by atoms with E-state index in [1.165, 1.54) is 11.9 Å². The zero-order valence-corrected chi connectivity index (χ0v) is 24.4. The number of nitrogens with one attached hydrogen (secondary N) is 2. The molecule has 4 aromatic rings. The van der Waals surface area contributed by atoms with Crippen molar-refractivity contribution in [3.05, 3.63) is 94.1 Å². The number of hydrogen-bond acceptors (Lipinski definition) is 7. The van der Waals surface area contributed by atoms with E-state index in [9.17, 15) is 14.7 Å². The van der Waals surface area contributed by atoms with E-state index < -0.39 is 5.97 Å². The largest absolute Gasteiger partial charge is 0.480 e. The van der Waals surface area contributed by atoms with E-state index in [1.807, 2.05) is 44.4 Å². The Balaban J connectivity index is 1.53. The predicted molar refractivity (Wildman–Crippen MR) is 164 cm³/mol. The van der Waals surface area contributed by atoms with Crippen molar-refractivity contribution in [2.45, 2.75) is 11.4 Å². The highest BCUT2D eigenvalue weighted by Crippen LogP contribution is 2.37. The van der Waals surface area contributed by atoms with Crippen LogP contribution in [0.3, 0.4) is 0 Å². The van der Waals surface area contributed by atoms with Crippen LogP contribution in [0.5, 0.6) is 0 Å². The molecule has 0 atom stereocenters. The first-order chi connectivity index (χ1) is 19.2. The molecule has 0 aliphatic carbocycles. The van der Waals surface area contributed by atoms with Gasteiger partial charge in [0.2, 0.25) is 0 Å². The van der Waals surface area contributed by atoms with Gasteiger partial charge in [0.25, 0.3) is 5.91 Å². The molecule has 40 heavy (non-hydrogen) atoms. The number of aromatic nitrogens is 1. The van der Waals surface area contributed by atoms with Crippen molar-refractivity contribution in [1.82, 2.24) is 15.2 Å². The standard InChI is InChI=1S/C29H29Cl2N5O3S/c1-35(2)12-11-32-27-10-9-19(16-33-27)17-34-29(39)25-7-3-6-24-23(25)5-4-8-26(24)36(18-28(37)38)40-22-14-20(30)13-21(31)15-22/h3-10,13-16H,11-12,17-18H2,1-2H3,(H,32,33)(H,34,39)(H,37,38). The van der Waals surface area contributed by atoms with Gasteiger partial charge >= 0.3 is 5.97 Å². The molecule has 11 heteroatoms. The van der Waals surface area contributed by atoms with E-state index in [0.29, 0.717) is 38.1 Å². The lowest BCUT2D eigenvalue weighted by Gasteiger charge is -2.23. The molecule has 0 bridgehead atoms. The second-order valence-electron chi connectivity index (χ2n) is 9.27. The minimum absolute atomic E-state index is 0.241. The molecule has 0 saturated carbocycles. The molecule has 0 fully saturated rings. The summed E-state index contributed by atoms with van der Waals surface area (Å²) in [5.74, 6) is -0.462. The zero-order valence-electron chi connectivity index (χ0n) is 22.0.